The number of rotatable bonds is 6. The number of carbonyl (C=O) groups excluding carboxylic acids is 3. The van der Waals surface area contributed by atoms with Crippen LogP contribution in [0.5, 0.6) is 0 Å². The molecule has 0 radical (unpaired) electrons. The Morgan fingerprint density at radius 3 is 2.73 bits per heavy atom. The van der Waals surface area contributed by atoms with E-state index in [2.05, 4.69) is 19.2 Å². The largest absolute Gasteiger partial charge is 0.357 e. The summed E-state index contributed by atoms with van der Waals surface area (Å²) < 4.78 is 0. The molecule has 1 unspecified atom stereocenters. The molecule has 0 aliphatic carbocycles. The Hall–Kier alpha value is -2.17. The van der Waals surface area contributed by atoms with Crippen LogP contribution in [0.4, 0.5) is 0 Å². The molecule has 1 aromatic carbocycles. The van der Waals surface area contributed by atoms with Gasteiger partial charge in [-0.3, -0.25) is 9.59 Å². The Morgan fingerprint density at radius 1 is 1.41 bits per heavy atom. The molecule has 0 aromatic heterocycles. The Morgan fingerprint density at radius 2 is 2.14 bits per heavy atom. The van der Waals surface area contributed by atoms with Gasteiger partial charge in [0.25, 0.3) is 5.91 Å². The van der Waals surface area contributed by atoms with Crippen molar-refractivity contribution in [2.24, 2.45) is 0 Å². The summed E-state index contributed by atoms with van der Waals surface area (Å²) in [6, 6.07) is 5.25. The summed E-state index contributed by atoms with van der Waals surface area (Å²) in [6.45, 7) is 4.63. The van der Waals surface area contributed by atoms with Crippen LogP contribution in [0.3, 0.4) is 0 Å². The van der Waals surface area contributed by atoms with E-state index in [1.807, 2.05) is 18.2 Å². The van der Waals surface area contributed by atoms with Crippen molar-refractivity contribution in [2.45, 2.75) is 45.2 Å². The Balaban J connectivity index is 2.28. The molecular formula is C17H22N2O3. The number of amides is 2. The lowest BCUT2D eigenvalue weighted by atomic mass is 9.98. The van der Waals surface area contributed by atoms with Crippen LogP contribution in [0.1, 0.15) is 54.1 Å². The highest BCUT2D eigenvalue weighted by Gasteiger charge is 2.35. The number of likely N-dealkylation sites (N-methyl/N-ethyl adjacent to an activating group) is 1. The molecule has 1 aliphatic heterocycles. The normalized spacial score (nSPS) is 14.9. The molecule has 0 saturated heterocycles. The number of nitrogens with zero attached hydrogens (tertiary/aromatic N) is 1. The quantitative estimate of drug-likeness (QED) is 0.816. The van der Waals surface area contributed by atoms with E-state index in [1.54, 1.807) is 11.9 Å². The lowest BCUT2D eigenvalue weighted by Gasteiger charge is -2.25. The maximum atomic E-state index is 12.6. The van der Waals surface area contributed by atoms with Crippen molar-refractivity contribution in [3.8, 4) is 0 Å². The lowest BCUT2D eigenvalue weighted by molar-refractivity contribution is -0.125. The maximum Gasteiger partial charge on any atom is 0.255 e. The van der Waals surface area contributed by atoms with Crippen molar-refractivity contribution in [2.75, 3.05) is 7.05 Å². The van der Waals surface area contributed by atoms with Gasteiger partial charge in [0, 0.05) is 25.6 Å². The van der Waals surface area contributed by atoms with Crippen LogP contribution in [0.25, 0.3) is 0 Å². The second-order valence-electron chi connectivity index (χ2n) is 5.88. The topological polar surface area (TPSA) is 66.5 Å². The second kappa shape index (κ2) is 6.73. The zero-order valence-corrected chi connectivity index (χ0v) is 13.3. The van der Waals surface area contributed by atoms with Gasteiger partial charge in [0.15, 0.2) is 0 Å². The SMILES string of the molecule is CNC(=O)C(CCC=O)N1Cc2cc(C(C)C)ccc2C1=O. The van der Waals surface area contributed by atoms with Crippen LogP contribution in [0, 0.1) is 0 Å². The number of aldehydes is 1. The van der Waals surface area contributed by atoms with Crippen molar-refractivity contribution >= 4 is 18.1 Å². The summed E-state index contributed by atoms with van der Waals surface area (Å²) in [6.07, 6.45) is 1.38. The highest BCUT2D eigenvalue weighted by molar-refractivity contribution is 6.01. The van der Waals surface area contributed by atoms with Crippen LogP contribution in [0.15, 0.2) is 18.2 Å². The summed E-state index contributed by atoms with van der Waals surface area (Å²) in [5.74, 6) is 0.0242. The number of nitrogens with one attached hydrogen (secondary N) is 1. The fourth-order valence-electron chi connectivity index (χ4n) is 2.79. The number of hydrogen-bond acceptors (Lipinski definition) is 3. The maximum absolute atomic E-state index is 12.6. The van der Waals surface area contributed by atoms with Crippen LogP contribution in [-0.2, 0) is 16.1 Å². The molecule has 0 spiro atoms. The number of benzene rings is 1. The minimum atomic E-state index is -0.599. The van der Waals surface area contributed by atoms with Crippen LogP contribution >= 0.6 is 0 Å². The van der Waals surface area contributed by atoms with Crippen LogP contribution in [-0.4, -0.2) is 36.1 Å². The molecular weight excluding hydrogens is 280 g/mol. The Labute approximate surface area is 130 Å². The van der Waals surface area contributed by atoms with Crippen molar-refractivity contribution in [1.82, 2.24) is 10.2 Å². The summed E-state index contributed by atoms with van der Waals surface area (Å²) in [4.78, 5) is 36.8. The number of hydrogen-bond donors (Lipinski definition) is 1. The molecule has 1 heterocycles. The highest BCUT2D eigenvalue weighted by atomic mass is 16.2. The van der Waals surface area contributed by atoms with E-state index < -0.39 is 6.04 Å². The van der Waals surface area contributed by atoms with Gasteiger partial charge in [0.2, 0.25) is 5.91 Å². The first kappa shape index (κ1) is 16.2. The molecule has 118 valence electrons. The summed E-state index contributed by atoms with van der Waals surface area (Å²) in [7, 11) is 1.54. The molecule has 0 bridgehead atoms. The number of fused-ring (bicyclic) bond motifs is 1. The minimum absolute atomic E-state index is 0.134. The minimum Gasteiger partial charge on any atom is -0.357 e. The van der Waals surface area contributed by atoms with Gasteiger partial charge in [-0.15, -0.1) is 0 Å². The van der Waals surface area contributed by atoms with E-state index in [9.17, 15) is 14.4 Å². The fraction of sp³-hybridized carbons (Fsp3) is 0.471. The molecule has 0 fully saturated rings. The van der Waals surface area contributed by atoms with Gasteiger partial charge in [-0.1, -0.05) is 26.0 Å². The molecule has 5 nitrogen and oxygen atoms in total. The third kappa shape index (κ3) is 3.03. The third-order valence-electron chi connectivity index (χ3n) is 4.11. The molecule has 0 saturated carbocycles. The Bertz CT molecular complexity index is 596. The van der Waals surface area contributed by atoms with E-state index in [-0.39, 0.29) is 18.2 Å². The zero-order chi connectivity index (χ0) is 16.3. The van der Waals surface area contributed by atoms with Gasteiger partial charge in [0.1, 0.15) is 12.3 Å². The first-order chi connectivity index (χ1) is 10.5. The van der Waals surface area contributed by atoms with Crippen molar-refractivity contribution in [1.29, 1.82) is 0 Å². The summed E-state index contributed by atoms with van der Waals surface area (Å²) in [5.41, 5.74) is 2.79. The average molecular weight is 302 g/mol. The van der Waals surface area contributed by atoms with Gasteiger partial charge in [-0.2, -0.15) is 0 Å². The molecule has 5 heteroatoms. The smallest absolute Gasteiger partial charge is 0.255 e. The predicted octanol–water partition coefficient (Wildman–Crippen LogP) is 1.86. The molecule has 1 N–H and O–H groups in total. The predicted molar refractivity (Wildman–Crippen MR) is 83.6 cm³/mol. The van der Waals surface area contributed by atoms with Crippen LogP contribution in [0.2, 0.25) is 0 Å². The van der Waals surface area contributed by atoms with E-state index in [0.717, 1.165) is 11.8 Å². The van der Waals surface area contributed by atoms with Crippen molar-refractivity contribution in [3.05, 3.63) is 34.9 Å². The zero-order valence-electron chi connectivity index (χ0n) is 13.3. The highest BCUT2D eigenvalue weighted by Crippen LogP contribution is 2.29. The van der Waals surface area contributed by atoms with E-state index in [1.165, 1.54) is 5.56 Å². The molecule has 2 amide bonds. The molecule has 1 aromatic rings. The fourth-order valence-corrected chi connectivity index (χ4v) is 2.79. The number of carbonyl (C=O) groups is 3. The van der Waals surface area contributed by atoms with Gasteiger partial charge in [-0.25, -0.2) is 0 Å². The van der Waals surface area contributed by atoms with Gasteiger partial charge >= 0.3 is 0 Å². The second-order valence-corrected chi connectivity index (χ2v) is 5.88. The van der Waals surface area contributed by atoms with E-state index in [4.69, 9.17) is 0 Å². The molecule has 2 rings (SSSR count). The first-order valence-corrected chi connectivity index (χ1v) is 7.58. The van der Waals surface area contributed by atoms with Crippen LogP contribution < -0.4 is 5.32 Å². The van der Waals surface area contributed by atoms with Gasteiger partial charge < -0.3 is 15.0 Å². The Kier molecular flexibility index (Phi) is 4.96. The molecule has 1 aliphatic rings. The lowest BCUT2D eigenvalue weighted by Crippen LogP contribution is -2.46. The molecule has 22 heavy (non-hydrogen) atoms. The first-order valence-electron chi connectivity index (χ1n) is 7.58. The van der Waals surface area contributed by atoms with Gasteiger partial charge in [-0.05, 0) is 29.5 Å². The monoisotopic (exact) mass is 302 g/mol. The standard InChI is InChI=1S/C17H22N2O3/c1-11(2)12-6-7-14-13(9-12)10-19(17(14)22)15(5-4-8-20)16(21)18-3/h6-9,11,15H,4-5,10H2,1-3H3,(H,18,21). The summed E-state index contributed by atoms with van der Waals surface area (Å²) in [5, 5.41) is 2.58. The van der Waals surface area contributed by atoms with Crippen molar-refractivity contribution < 1.29 is 14.4 Å². The third-order valence-corrected chi connectivity index (χ3v) is 4.11. The van der Waals surface area contributed by atoms with Crippen molar-refractivity contribution in [3.63, 3.8) is 0 Å². The van der Waals surface area contributed by atoms with Gasteiger partial charge in [0.05, 0.1) is 0 Å². The summed E-state index contributed by atoms with van der Waals surface area (Å²) >= 11 is 0. The molecule has 1 atom stereocenters. The average Bonchev–Trinajstić information content (AvgIpc) is 2.84. The van der Waals surface area contributed by atoms with E-state index >= 15 is 0 Å². The van der Waals surface area contributed by atoms with E-state index in [0.29, 0.717) is 24.4 Å².